The minimum atomic E-state index is -0.874. The Labute approximate surface area is 111 Å². The first-order valence-electron chi connectivity index (χ1n) is 7.07. The fourth-order valence-corrected chi connectivity index (χ4v) is 2.80. The normalized spacial score (nSPS) is 19.6. The fourth-order valence-electron chi connectivity index (χ4n) is 2.80. The molecule has 1 saturated carbocycles. The summed E-state index contributed by atoms with van der Waals surface area (Å²) in [5.41, 5.74) is 5.76. The first-order chi connectivity index (χ1) is 8.30. The van der Waals surface area contributed by atoms with Gasteiger partial charge in [0.05, 0.1) is 0 Å². The summed E-state index contributed by atoms with van der Waals surface area (Å²) in [7, 11) is 0. The minimum absolute atomic E-state index is 0.0385. The van der Waals surface area contributed by atoms with Crippen LogP contribution in [0.1, 0.15) is 59.3 Å². The molecular formula is C14H28N2O2. The van der Waals surface area contributed by atoms with Crippen LogP contribution >= 0.6 is 0 Å². The second kappa shape index (κ2) is 6.41. The van der Waals surface area contributed by atoms with E-state index in [0.29, 0.717) is 12.5 Å². The van der Waals surface area contributed by atoms with Gasteiger partial charge in [0.1, 0.15) is 0 Å². The second-order valence-electron chi connectivity index (χ2n) is 6.56. The van der Waals surface area contributed by atoms with Gasteiger partial charge in [-0.3, -0.25) is 0 Å². The molecule has 0 bridgehead atoms. The van der Waals surface area contributed by atoms with Crippen molar-refractivity contribution in [2.24, 2.45) is 11.7 Å². The van der Waals surface area contributed by atoms with Crippen molar-refractivity contribution in [2.75, 3.05) is 6.54 Å². The zero-order chi connectivity index (χ0) is 13.8. The van der Waals surface area contributed by atoms with Gasteiger partial charge in [-0.15, -0.1) is 0 Å². The molecule has 18 heavy (non-hydrogen) atoms. The Morgan fingerprint density at radius 1 is 1.33 bits per heavy atom. The van der Waals surface area contributed by atoms with E-state index in [1.54, 1.807) is 0 Å². The Kier molecular flexibility index (Phi) is 5.45. The zero-order valence-corrected chi connectivity index (χ0v) is 12.0. The summed E-state index contributed by atoms with van der Waals surface area (Å²) < 4.78 is 0. The maximum Gasteiger partial charge on any atom is 0.407 e. The van der Waals surface area contributed by atoms with E-state index in [1.807, 2.05) is 20.8 Å². The molecule has 0 spiro atoms. The lowest BCUT2D eigenvalue weighted by Crippen LogP contribution is -2.50. The molecule has 1 atom stereocenters. The molecule has 1 amide bonds. The lowest BCUT2D eigenvalue weighted by molar-refractivity contribution is 0.0931. The molecule has 4 heteroatoms. The van der Waals surface area contributed by atoms with E-state index in [4.69, 9.17) is 5.73 Å². The number of hydrogen-bond acceptors (Lipinski definition) is 2. The largest absolute Gasteiger partial charge is 0.465 e. The van der Waals surface area contributed by atoms with Crippen molar-refractivity contribution in [3.63, 3.8) is 0 Å². The Balaban J connectivity index is 2.45. The molecule has 1 aliphatic rings. The number of carboxylic acid groups (broad SMARTS) is 1. The number of rotatable bonds is 4. The highest BCUT2D eigenvalue weighted by atomic mass is 16.4. The summed E-state index contributed by atoms with van der Waals surface area (Å²) >= 11 is 0. The van der Waals surface area contributed by atoms with Crippen molar-refractivity contribution in [2.45, 2.75) is 70.9 Å². The van der Waals surface area contributed by atoms with Crippen LogP contribution in [0, 0.1) is 5.92 Å². The van der Waals surface area contributed by atoms with Gasteiger partial charge in [0.15, 0.2) is 0 Å². The summed E-state index contributed by atoms with van der Waals surface area (Å²) in [6.07, 6.45) is 6.56. The van der Waals surface area contributed by atoms with E-state index < -0.39 is 6.09 Å². The summed E-state index contributed by atoms with van der Waals surface area (Å²) in [6.45, 7) is 6.17. The van der Waals surface area contributed by atoms with Crippen molar-refractivity contribution < 1.29 is 9.90 Å². The molecule has 0 aromatic heterocycles. The van der Waals surface area contributed by atoms with Gasteiger partial charge in [0.25, 0.3) is 0 Å². The van der Waals surface area contributed by atoms with E-state index in [1.165, 1.54) is 37.0 Å². The van der Waals surface area contributed by atoms with Gasteiger partial charge in [-0.1, -0.05) is 32.1 Å². The molecule has 1 aliphatic carbocycles. The third kappa shape index (κ3) is 4.84. The van der Waals surface area contributed by atoms with E-state index in [-0.39, 0.29) is 11.6 Å². The molecule has 4 nitrogen and oxygen atoms in total. The Bertz CT molecular complexity index is 267. The van der Waals surface area contributed by atoms with Crippen LogP contribution in [0.5, 0.6) is 0 Å². The lowest BCUT2D eigenvalue weighted by atomic mass is 9.85. The van der Waals surface area contributed by atoms with Crippen LogP contribution in [0.25, 0.3) is 0 Å². The molecular weight excluding hydrogens is 228 g/mol. The summed E-state index contributed by atoms with van der Waals surface area (Å²) in [6, 6.07) is -0.0385. The topological polar surface area (TPSA) is 66.6 Å². The second-order valence-corrected chi connectivity index (χ2v) is 6.56. The van der Waals surface area contributed by atoms with E-state index in [9.17, 15) is 9.90 Å². The van der Waals surface area contributed by atoms with Crippen molar-refractivity contribution >= 4 is 6.09 Å². The molecule has 0 aliphatic heterocycles. The van der Waals surface area contributed by atoms with E-state index in [0.717, 1.165) is 6.42 Å². The van der Waals surface area contributed by atoms with Crippen LogP contribution in [-0.4, -0.2) is 34.2 Å². The van der Waals surface area contributed by atoms with Crippen LogP contribution in [0.3, 0.4) is 0 Å². The van der Waals surface area contributed by atoms with Crippen LogP contribution in [0.4, 0.5) is 4.79 Å². The Hall–Kier alpha value is -0.770. The zero-order valence-electron chi connectivity index (χ0n) is 12.0. The molecule has 0 unspecified atom stereocenters. The van der Waals surface area contributed by atoms with Gasteiger partial charge in [0.2, 0.25) is 0 Å². The molecule has 1 rings (SSSR count). The first kappa shape index (κ1) is 15.3. The first-order valence-corrected chi connectivity index (χ1v) is 7.07. The van der Waals surface area contributed by atoms with Crippen molar-refractivity contribution in [1.82, 2.24) is 4.90 Å². The van der Waals surface area contributed by atoms with Gasteiger partial charge in [0, 0.05) is 18.1 Å². The highest BCUT2D eigenvalue weighted by Gasteiger charge is 2.28. The predicted octanol–water partition coefficient (Wildman–Crippen LogP) is 3.06. The SMILES string of the molecule is CC(C)(C)N(C[C@@H](N)CC1CCCCC1)C(=O)O. The number of nitrogens with two attached hydrogens (primary N) is 1. The molecule has 3 N–H and O–H groups in total. The van der Waals surface area contributed by atoms with Crippen LogP contribution < -0.4 is 5.73 Å². The quantitative estimate of drug-likeness (QED) is 0.812. The van der Waals surface area contributed by atoms with Gasteiger partial charge in [-0.2, -0.15) is 0 Å². The Morgan fingerprint density at radius 2 is 1.89 bits per heavy atom. The van der Waals surface area contributed by atoms with Crippen molar-refractivity contribution in [3.05, 3.63) is 0 Å². The predicted molar refractivity (Wildman–Crippen MR) is 73.7 cm³/mol. The highest BCUT2D eigenvalue weighted by molar-refractivity contribution is 5.66. The van der Waals surface area contributed by atoms with Gasteiger partial charge < -0.3 is 15.7 Å². The highest BCUT2D eigenvalue weighted by Crippen LogP contribution is 2.27. The molecule has 106 valence electrons. The summed E-state index contributed by atoms with van der Waals surface area (Å²) in [4.78, 5) is 12.7. The monoisotopic (exact) mass is 256 g/mol. The fraction of sp³-hybridized carbons (Fsp3) is 0.929. The molecule has 0 aromatic rings. The summed E-state index contributed by atoms with van der Waals surface area (Å²) in [5.74, 6) is 0.698. The molecule has 0 aromatic carbocycles. The molecule has 0 saturated heterocycles. The standard InChI is InChI=1S/C14H28N2O2/c1-14(2,3)16(13(17)18)10-12(15)9-11-7-5-4-6-8-11/h11-12H,4-10,15H2,1-3H3,(H,17,18)/t12-/m0/s1. The molecule has 0 heterocycles. The molecule has 0 radical (unpaired) electrons. The van der Waals surface area contributed by atoms with E-state index >= 15 is 0 Å². The average Bonchev–Trinajstić information content (AvgIpc) is 2.25. The third-order valence-electron chi connectivity index (χ3n) is 3.82. The van der Waals surface area contributed by atoms with Crippen LogP contribution in [0.15, 0.2) is 0 Å². The number of carbonyl (C=O) groups is 1. The average molecular weight is 256 g/mol. The van der Waals surface area contributed by atoms with Crippen molar-refractivity contribution in [3.8, 4) is 0 Å². The van der Waals surface area contributed by atoms with Gasteiger partial charge >= 0.3 is 6.09 Å². The van der Waals surface area contributed by atoms with Crippen LogP contribution in [-0.2, 0) is 0 Å². The van der Waals surface area contributed by atoms with E-state index in [2.05, 4.69) is 0 Å². The minimum Gasteiger partial charge on any atom is -0.465 e. The molecule has 1 fully saturated rings. The smallest absolute Gasteiger partial charge is 0.407 e. The maximum absolute atomic E-state index is 11.2. The summed E-state index contributed by atoms with van der Waals surface area (Å²) in [5, 5.41) is 9.23. The van der Waals surface area contributed by atoms with Gasteiger partial charge in [-0.05, 0) is 33.1 Å². The lowest BCUT2D eigenvalue weighted by Gasteiger charge is -2.36. The van der Waals surface area contributed by atoms with Gasteiger partial charge in [-0.25, -0.2) is 4.79 Å². The number of nitrogens with zero attached hydrogens (tertiary/aromatic N) is 1. The maximum atomic E-state index is 11.2. The van der Waals surface area contributed by atoms with Crippen LogP contribution in [0.2, 0.25) is 0 Å². The number of amides is 1. The number of hydrogen-bond donors (Lipinski definition) is 2. The Morgan fingerprint density at radius 3 is 2.33 bits per heavy atom. The van der Waals surface area contributed by atoms with Crippen molar-refractivity contribution in [1.29, 1.82) is 0 Å². The third-order valence-corrected chi connectivity index (χ3v) is 3.82.